The van der Waals surface area contributed by atoms with Crippen LogP contribution < -0.4 is 5.32 Å². The highest BCUT2D eigenvalue weighted by molar-refractivity contribution is 7.15. The Morgan fingerprint density at radius 3 is 2.71 bits per heavy atom. The minimum Gasteiger partial charge on any atom is -0.477 e. The van der Waals surface area contributed by atoms with Gasteiger partial charge in [0.1, 0.15) is 4.88 Å². The molecule has 0 saturated carbocycles. The number of aryl methyl sites for hydroxylation is 2. The second-order valence-corrected chi connectivity index (χ2v) is 6.32. The van der Waals surface area contributed by atoms with Gasteiger partial charge >= 0.3 is 5.97 Å². The van der Waals surface area contributed by atoms with Gasteiger partial charge in [0.15, 0.2) is 0 Å². The van der Waals surface area contributed by atoms with Crippen LogP contribution in [0.4, 0.5) is 0 Å². The van der Waals surface area contributed by atoms with Crippen LogP contribution in [0.5, 0.6) is 0 Å². The lowest BCUT2D eigenvalue weighted by molar-refractivity contribution is 0.0702. The van der Waals surface area contributed by atoms with Crippen molar-refractivity contribution in [2.24, 2.45) is 0 Å². The highest BCUT2D eigenvalue weighted by Gasteiger charge is 2.25. The van der Waals surface area contributed by atoms with E-state index in [1.807, 2.05) is 0 Å². The molecule has 1 heterocycles. The molecule has 2 aromatic rings. The number of carbonyl (C=O) groups excluding carboxylic acids is 1. The van der Waals surface area contributed by atoms with E-state index < -0.39 is 5.97 Å². The van der Waals surface area contributed by atoms with E-state index in [9.17, 15) is 9.59 Å². The van der Waals surface area contributed by atoms with E-state index in [2.05, 4.69) is 30.4 Å². The molecule has 1 amide bonds. The summed E-state index contributed by atoms with van der Waals surface area (Å²) < 4.78 is 0. The third kappa shape index (κ3) is 2.69. The molecule has 1 aliphatic carbocycles. The number of hydrogen-bond donors (Lipinski definition) is 2. The van der Waals surface area contributed by atoms with Gasteiger partial charge in [-0.2, -0.15) is 0 Å². The van der Waals surface area contributed by atoms with E-state index in [1.54, 1.807) is 6.07 Å². The van der Waals surface area contributed by atoms with Gasteiger partial charge in [-0.1, -0.05) is 23.8 Å². The highest BCUT2D eigenvalue weighted by atomic mass is 32.1. The Hall–Kier alpha value is -2.14. The van der Waals surface area contributed by atoms with Crippen LogP contribution in [0.15, 0.2) is 30.3 Å². The first-order valence-electron chi connectivity index (χ1n) is 6.78. The van der Waals surface area contributed by atoms with Crippen LogP contribution >= 0.6 is 11.3 Å². The van der Waals surface area contributed by atoms with Gasteiger partial charge in [0.25, 0.3) is 5.91 Å². The predicted octanol–water partition coefficient (Wildman–Crippen LogP) is 3.17. The Kier molecular flexibility index (Phi) is 3.51. The summed E-state index contributed by atoms with van der Waals surface area (Å²) in [6.07, 6.45) is 1.86. The summed E-state index contributed by atoms with van der Waals surface area (Å²) in [6, 6.07) is 9.33. The third-order valence-electron chi connectivity index (χ3n) is 3.72. The van der Waals surface area contributed by atoms with Gasteiger partial charge in [0, 0.05) is 0 Å². The van der Waals surface area contributed by atoms with E-state index in [0.717, 1.165) is 24.2 Å². The molecule has 3 rings (SSSR count). The summed E-state index contributed by atoms with van der Waals surface area (Å²) in [7, 11) is 0. The summed E-state index contributed by atoms with van der Waals surface area (Å²) in [6.45, 7) is 2.06. The second kappa shape index (κ2) is 5.33. The van der Waals surface area contributed by atoms with Crippen LogP contribution in [-0.2, 0) is 6.42 Å². The average molecular weight is 301 g/mol. The van der Waals surface area contributed by atoms with E-state index in [-0.39, 0.29) is 16.8 Å². The number of nitrogens with one attached hydrogen (secondary N) is 1. The van der Waals surface area contributed by atoms with Crippen molar-refractivity contribution >= 4 is 23.2 Å². The number of benzene rings is 1. The predicted molar refractivity (Wildman–Crippen MR) is 81.0 cm³/mol. The van der Waals surface area contributed by atoms with Crippen molar-refractivity contribution in [3.8, 4) is 0 Å². The fraction of sp³-hybridized carbons (Fsp3) is 0.250. The lowest BCUT2D eigenvalue weighted by Gasteiger charge is -2.13. The minimum atomic E-state index is -0.999. The molecule has 0 spiro atoms. The van der Waals surface area contributed by atoms with Gasteiger partial charge in [0.05, 0.1) is 10.9 Å². The first kappa shape index (κ1) is 13.8. The van der Waals surface area contributed by atoms with Crippen molar-refractivity contribution in [2.75, 3.05) is 0 Å². The Bertz CT molecular complexity index is 720. The van der Waals surface area contributed by atoms with Gasteiger partial charge in [0.2, 0.25) is 0 Å². The zero-order chi connectivity index (χ0) is 15.0. The Labute approximate surface area is 126 Å². The third-order valence-corrected chi connectivity index (χ3v) is 4.79. The van der Waals surface area contributed by atoms with E-state index in [1.165, 1.54) is 22.8 Å². The summed E-state index contributed by atoms with van der Waals surface area (Å²) in [5.74, 6) is -1.20. The molecule has 108 valence electrons. The smallest absolute Gasteiger partial charge is 0.345 e. The van der Waals surface area contributed by atoms with Gasteiger partial charge in [-0.3, -0.25) is 4.79 Å². The molecule has 1 atom stereocenters. The molecule has 1 aromatic carbocycles. The first-order valence-corrected chi connectivity index (χ1v) is 7.59. The van der Waals surface area contributed by atoms with Crippen molar-refractivity contribution in [2.45, 2.75) is 25.8 Å². The molecule has 5 heteroatoms. The molecule has 0 aliphatic heterocycles. The van der Waals surface area contributed by atoms with E-state index >= 15 is 0 Å². The van der Waals surface area contributed by atoms with Crippen LogP contribution in [0.1, 0.15) is 48.5 Å². The van der Waals surface area contributed by atoms with Crippen LogP contribution in [0.2, 0.25) is 0 Å². The average Bonchev–Trinajstić information content (AvgIpc) is 3.06. The number of carboxylic acids is 1. The molecule has 0 saturated heterocycles. The number of aromatic carboxylic acids is 1. The van der Waals surface area contributed by atoms with E-state index in [0.29, 0.717) is 4.88 Å². The second-order valence-electron chi connectivity index (χ2n) is 5.24. The molecule has 0 bridgehead atoms. The molecule has 1 aromatic heterocycles. The van der Waals surface area contributed by atoms with Crippen molar-refractivity contribution < 1.29 is 14.7 Å². The SMILES string of the molecule is Cc1ccc2c(c1)CCC2NC(=O)c1ccc(C(=O)O)s1. The number of fused-ring (bicyclic) bond motifs is 1. The van der Waals surface area contributed by atoms with Crippen molar-refractivity contribution in [1.29, 1.82) is 0 Å². The highest BCUT2D eigenvalue weighted by Crippen LogP contribution is 2.32. The number of thiophene rings is 1. The maximum atomic E-state index is 12.2. The summed E-state index contributed by atoms with van der Waals surface area (Å²) in [5.41, 5.74) is 3.69. The number of carbonyl (C=O) groups is 2. The Balaban J connectivity index is 1.76. The fourth-order valence-electron chi connectivity index (χ4n) is 2.70. The van der Waals surface area contributed by atoms with Crippen LogP contribution in [0.3, 0.4) is 0 Å². The van der Waals surface area contributed by atoms with Gasteiger partial charge in [-0.25, -0.2) is 4.79 Å². The summed E-state index contributed by atoms with van der Waals surface area (Å²) >= 11 is 1.00. The number of carboxylic acid groups (broad SMARTS) is 1. The number of hydrogen-bond acceptors (Lipinski definition) is 3. The molecule has 0 radical (unpaired) electrons. The largest absolute Gasteiger partial charge is 0.477 e. The van der Waals surface area contributed by atoms with Crippen molar-refractivity contribution in [1.82, 2.24) is 5.32 Å². The van der Waals surface area contributed by atoms with Gasteiger partial charge < -0.3 is 10.4 Å². The molecule has 1 unspecified atom stereocenters. The number of amides is 1. The first-order chi connectivity index (χ1) is 10.0. The van der Waals surface area contributed by atoms with Gasteiger partial charge in [-0.05, 0) is 43.0 Å². The summed E-state index contributed by atoms with van der Waals surface area (Å²) in [4.78, 5) is 23.7. The fourth-order valence-corrected chi connectivity index (χ4v) is 3.45. The van der Waals surface area contributed by atoms with Crippen molar-refractivity contribution in [3.63, 3.8) is 0 Å². The molecule has 4 nitrogen and oxygen atoms in total. The lowest BCUT2D eigenvalue weighted by Crippen LogP contribution is -2.26. The Morgan fingerprint density at radius 2 is 2.00 bits per heavy atom. The molecule has 0 fully saturated rings. The molecule has 21 heavy (non-hydrogen) atoms. The van der Waals surface area contributed by atoms with Crippen LogP contribution in [0.25, 0.3) is 0 Å². The molecular formula is C16H15NO3S. The standard InChI is InChI=1S/C16H15NO3S/c1-9-2-4-11-10(8-9)3-5-12(11)17-15(18)13-6-7-14(21-13)16(19)20/h2,4,6-8,12H,3,5H2,1H3,(H,17,18)(H,19,20). The van der Waals surface area contributed by atoms with Gasteiger partial charge in [-0.15, -0.1) is 11.3 Å². The normalized spacial score (nSPS) is 16.5. The quantitative estimate of drug-likeness (QED) is 0.915. The monoisotopic (exact) mass is 301 g/mol. The Morgan fingerprint density at radius 1 is 1.24 bits per heavy atom. The maximum absolute atomic E-state index is 12.2. The van der Waals surface area contributed by atoms with Crippen LogP contribution in [0, 0.1) is 6.92 Å². The molecular weight excluding hydrogens is 286 g/mol. The zero-order valence-electron chi connectivity index (χ0n) is 11.6. The summed E-state index contributed by atoms with van der Waals surface area (Å²) in [5, 5.41) is 11.9. The molecule has 1 aliphatic rings. The van der Waals surface area contributed by atoms with Crippen LogP contribution in [-0.4, -0.2) is 17.0 Å². The lowest BCUT2D eigenvalue weighted by atomic mass is 10.1. The number of rotatable bonds is 3. The topological polar surface area (TPSA) is 66.4 Å². The maximum Gasteiger partial charge on any atom is 0.345 e. The zero-order valence-corrected chi connectivity index (χ0v) is 12.4. The molecule has 2 N–H and O–H groups in total. The van der Waals surface area contributed by atoms with Crippen molar-refractivity contribution in [3.05, 3.63) is 56.8 Å². The van der Waals surface area contributed by atoms with E-state index in [4.69, 9.17) is 5.11 Å². The minimum absolute atomic E-state index is 0.0171.